The molecular formula is C32H26O12. The Balaban J connectivity index is 1.61. The van der Waals surface area contributed by atoms with Gasteiger partial charge in [-0.3, -0.25) is 0 Å². The number of carboxylic acid groups (broad SMARTS) is 1. The zero-order valence-corrected chi connectivity index (χ0v) is 22.6. The quantitative estimate of drug-likeness (QED) is 0.0562. The van der Waals surface area contributed by atoms with E-state index in [9.17, 15) is 55.5 Å². The molecule has 0 aliphatic heterocycles. The summed E-state index contributed by atoms with van der Waals surface area (Å²) >= 11 is 0. The number of esters is 1. The van der Waals surface area contributed by atoms with Gasteiger partial charge in [-0.2, -0.15) is 0 Å². The Morgan fingerprint density at radius 1 is 0.659 bits per heavy atom. The number of carboxylic acids is 1. The van der Waals surface area contributed by atoms with Crippen molar-refractivity contribution in [3.05, 3.63) is 89.0 Å². The number of hydrogen-bond donors (Lipinski definition) is 9. The molecule has 44 heavy (non-hydrogen) atoms. The van der Waals surface area contributed by atoms with Crippen molar-refractivity contribution in [2.24, 2.45) is 0 Å². The van der Waals surface area contributed by atoms with Crippen LogP contribution in [0.1, 0.15) is 22.3 Å². The highest BCUT2D eigenvalue weighted by Gasteiger charge is 2.23. The van der Waals surface area contributed by atoms with Gasteiger partial charge in [0.15, 0.2) is 40.2 Å². The summed E-state index contributed by atoms with van der Waals surface area (Å²) in [5.74, 6) is -6.66. The number of carbonyl (C=O) groups is 2. The van der Waals surface area contributed by atoms with Crippen molar-refractivity contribution in [2.75, 3.05) is 0 Å². The van der Waals surface area contributed by atoms with Gasteiger partial charge in [0, 0.05) is 12.5 Å². The highest BCUT2D eigenvalue weighted by Crippen LogP contribution is 2.38. The molecule has 4 aromatic rings. The topological polar surface area (TPSA) is 225 Å². The first kappa shape index (κ1) is 30.7. The molecule has 0 aliphatic rings. The summed E-state index contributed by atoms with van der Waals surface area (Å²) < 4.78 is 5.02. The molecule has 226 valence electrons. The molecule has 0 amide bonds. The summed E-state index contributed by atoms with van der Waals surface area (Å²) in [7, 11) is 0. The van der Waals surface area contributed by atoms with Gasteiger partial charge in [-0.15, -0.1) is 0 Å². The number of hydrogen-bond acceptors (Lipinski definition) is 11. The lowest BCUT2D eigenvalue weighted by atomic mass is 9.97. The van der Waals surface area contributed by atoms with Crippen molar-refractivity contribution in [3.63, 3.8) is 0 Å². The lowest BCUT2D eigenvalue weighted by Crippen LogP contribution is -2.28. The maximum Gasteiger partial charge on any atom is 0.345 e. The molecule has 12 heteroatoms. The van der Waals surface area contributed by atoms with Crippen molar-refractivity contribution in [1.82, 2.24) is 0 Å². The summed E-state index contributed by atoms with van der Waals surface area (Å²) in [4.78, 5) is 24.2. The molecule has 4 rings (SSSR count). The Labute approximate surface area is 249 Å². The number of benzene rings is 4. The van der Waals surface area contributed by atoms with E-state index in [4.69, 9.17) is 4.74 Å². The SMILES string of the molecule is O=C(/C=C/c1cc(O)c(O)cc1/C=C/c1cc(O)c(O)cc1-c1cccc(O)c1)O[C@H](Cc1cc(O)c(O)c(O)c1)C(=O)O. The van der Waals surface area contributed by atoms with Crippen LogP contribution in [0.25, 0.3) is 29.4 Å². The third kappa shape index (κ3) is 7.12. The lowest BCUT2D eigenvalue weighted by Gasteiger charge is -2.13. The monoisotopic (exact) mass is 602 g/mol. The van der Waals surface area contributed by atoms with Crippen LogP contribution in [0, 0.1) is 0 Å². The normalized spacial score (nSPS) is 12.0. The largest absolute Gasteiger partial charge is 0.508 e. The molecule has 1 atom stereocenters. The molecule has 0 radical (unpaired) electrons. The minimum Gasteiger partial charge on any atom is -0.508 e. The van der Waals surface area contributed by atoms with E-state index in [-0.39, 0.29) is 22.4 Å². The number of aromatic hydroxyl groups is 8. The van der Waals surface area contributed by atoms with Gasteiger partial charge >= 0.3 is 11.9 Å². The summed E-state index contributed by atoms with van der Waals surface area (Å²) in [5, 5.41) is 88.6. The molecule has 9 N–H and O–H groups in total. The van der Waals surface area contributed by atoms with E-state index in [1.54, 1.807) is 12.1 Å². The van der Waals surface area contributed by atoms with Crippen LogP contribution in [0.2, 0.25) is 0 Å². The van der Waals surface area contributed by atoms with Gasteiger partial charge in [0.2, 0.25) is 6.10 Å². The molecule has 0 bridgehead atoms. The van der Waals surface area contributed by atoms with E-state index < -0.39 is 64.7 Å². The molecule has 0 aliphatic carbocycles. The molecule has 4 aromatic carbocycles. The van der Waals surface area contributed by atoms with Crippen molar-refractivity contribution < 1.29 is 60.3 Å². The van der Waals surface area contributed by atoms with Crippen LogP contribution >= 0.6 is 0 Å². The first-order valence-corrected chi connectivity index (χ1v) is 12.8. The van der Waals surface area contributed by atoms with E-state index in [0.717, 1.165) is 24.3 Å². The molecule has 0 heterocycles. The fraction of sp³-hybridized carbons (Fsp3) is 0.0625. The Morgan fingerprint density at radius 2 is 1.20 bits per heavy atom. The first-order valence-electron chi connectivity index (χ1n) is 12.8. The van der Waals surface area contributed by atoms with Gasteiger partial charge in [0.1, 0.15) is 5.75 Å². The molecule has 0 fully saturated rings. The van der Waals surface area contributed by atoms with Gasteiger partial charge in [-0.1, -0.05) is 24.3 Å². The molecule has 12 nitrogen and oxygen atoms in total. The Bertz CT molecular complexity index is 1780. The maximum atomic E-state index is 12.5. The van der Waals surface area contributed by atoms with Crippen molar-refractivity contribution in [1.29, 1.82) is 0 Å². The highest BCUT2D eigenvalue weighted by atomic mass is 16.6. The molecule has 0 saturated heterocycles. The lowest BCUT2D eigenvalue weighted by molar-refractivity contribution is -0.160. The minimum atomic E-state index is -1.74. The summed E-state index contributed by atoms with van der Waals surface area (Å²) in [6.07, 6.45) is 2.89. The Hall–Kier alpha value is -6.30. The van der Waals surface area contributed by atoms with Crippen LogP contribution in [-0.2, 0) is 20.7 Å². The van der Waals surface area contributed by atoms with Crippen molar-refractivity contribution in [3.8, 4) is 57.1 Å². The van der Waals surface area contributed by atoms with E-state index in [2.05, 4.69) is 0 Å². The third-order valence-corrected chi connectivity index (χ3v) is 6.41. The third-order valence-electron chi connectivity index (χ3n) is 6.41. The maximum absolute atomic E-state index is 12.5. The van der Waals surface area contributed by atoms with Crippen LogP contribution in [0.15, 0.2) is 66.7 Å². The van der Waals surface area contributed by atoms with E-state index in [0.29, 0.717) is 16.7 Å². The second kappa shape index (κ2) is 12.7. The van der Waals surface area contributed by atoms with Crippen molar-refractivity contribution >= 4 is 30.2 Å². The second-order valence-electron chi connectivity index (χ2n) is 9.57. The van der Waals surface area contributed by atoms with Crippen LogP contribution in [0.3, 0.4) is 0 Å². The first-order chi connectivity index (χ1) is 20.8. The molecule has 0 spiro atoms. The minimum absolute atomic E-state index is 0.0303. The molecule has 0 saturated carbocycles. The Morgan fingerprint density at radius 3 is 1.80 bits per heavy atom. The number of ether oxygens (including phenoxy) is 1. The van der Waals surface area contributed by atoms with E-state index >= 15 is 0 Å². The van der Waals surface area contributed by atoms with Crippen molar-refractivity contribution in [2.45, 2.75) is 12.5 Å². The number of aliphatic carboxylic acids is 1. The fourth-order valence-corrected chi connectivity index (χ4v) is 4.24. The van der Waals surface area contributed by atoms with Crippen LogP contribution < -0.4 is 0 Å². The number of phenols is 8. The average molecular weight is 603 g/mol. The fourth-order valence-electron chi connectivity index (χ4n) is 4.24. The van der Waals surface area contributed by atoms with Crippen LogP contribution in [0.4, 0.5) is 0 Å². The highest BCUT2D eigenvalue weighted by molar-refractivity contribution is 5.91. The number of rotatable bonds is 9. The molecule has 0 unspecified atom stereocenters. The zero-order valence-electron chi connectivity index (χ0n) is 22.6. The predicted octanol–water partition coefficient (Wildman–Crippen LogP) is 4.42. The van der Waals surface area contributed by atoms with E-state index in [1.807, 2.05) is 0 Å². The second-order valence-corrected chi connectivity index (χ2v) is 9.57. The standard InChI is InChI=1S/C32H26O12/c33-21-3-1-2-19(11-21)22-15-26(37)25(36)14-20(22)5-4-17-12-23(34)24(35)13-18(17)6-7-30(40)44-29(32(42)43)10-16-8-27(38)31(41)28(39)9-16/h1-9,11-15,29,33-39,41H,10H2,(H,42,43)/b5-4+,7-6+/t29-/m1/s1. The van der Waals surface area contributed by atoms with Crippen LogP contribution in [-0.4, -0.2) is 64.0 Å². The van der Waals surface area contributed by atoms with Gasteiger partial charge < -0.3 is 50.7 Å². The van der Waals surface area contributed by atoms with Gasteiger partial charge in [0.05, 0.1) is 0 Å². The van der Waals surface area contributed by atoms with Gasteiger partial charge in [-0.25, -0.2) is 9.59 Å². The summed E-state index contributed by atoms with van der Waals surface area (Å²) in [5.41, 5.74) is 1.86. The predicted molar refractivity (Wildman–Crippen MR) is 157 cm³/mol. The Kier molecular flexibility index (Phi) is 8.84. The smallest absolute Gasteiger partial charge is 0.345 e. The van der Waals surface area contributed by atoms with E-state index in [1.165, 1.54) is 48.6 Å². The number of phenolic OH excluding ortho intramolecular Hbond substituents is 8. The van der Waals surface area contributed by atoms with Crippen LogP contribution in [0.5, 0.6) is 46.0 Å². The molecular weight excluding hydrogens is 576 g/mol. The summed E-state index contributed by atoms with van der Waals surface area (Å²) in [6, 6.07) is 13.1. The zero-order chi connectivity index (χ0) is 32.1. The number of carbonyl (C=O) groups excluding carboxylic acids is 1. The molecule has 0 aromatic heterocycles. The van der Waals surface area contributed by atoms with Gasteiger partial charge in [0.25, 0.3) is 0 Å². The van der Waals surface area contributed by atoms with Gasteiger partial charge in [-0.05, 0) is 88.0 Å². The summed E-state index contributed by atoms with van der Waals surface area (Å²) in [6.45, 7) is 0. The average Bonchev–Trinajstić information content (AvgIpc) is 2.96.